The van der Waals surface area contributed by atoms with Gasteiger partial charge in [-0.3, -0.25) is 14.6 Å². The zero-order valence-corrected chi connectivity index (χ0v) is 15.2. The van der Waals surface area contributed by atoms with Crippen molar-refractivity contribution >= 4 is 17.6 Å². The van der Waals surface area contributed by atoms with Gasteiger partial charge in [-0.2, -0.15) is 0 Å². The highest BCUT2D eigenvalue weighted by Gasteiger charge is 2.37. The second-order valence-electron chi connectivity index (χ2n) is 7.00. The minimum atomic E-state index is -0.248. The molecule has 2 aromatic heterocycles. The van der Waals surface area contributed by atoms with Crippen LogP contribution in [0, 0.1) is 5.92 Å². The first-order chi connectivity index (χ1) is 13.2. The topological polar surface area (TPSA) is 69.6 Å². The maximum Gasteiger partial charge on any atom is 0.228 e. The summed E-state index contributed by atoms with van der Waals surface area (Å²) in [6.45, 7) is 3.81. The Kier molecular flexibility index (Phi) is 5.00. The number of pyridine rings is 2. The molecule has 0 spiro atoms. The average Bonchev–Trinajstić information content (AvgIpc) is 3.09. The van der Waals surface area contributed by atoms with Crippen LogP contribution < -0.4 is 4.90 Å². The van der Waals surface area contributed by atoms with E-state index in [9.17, 15) is 9.59 Å². The molecule has 0 radical (unpaired) electrons. The average molecular weight is 365 g/mol. The first-order valence-electron chi connectivity index (χ1n) is 9.33. The Balaban J connectivity index is 1.32. The van der Waals surface area contributed by atoms with Crippen LogP contribution in [0.3, 0.4) is 0 Å². The zero-order valence-electron chi connectivity index (χ0n) is 15.2. The Morgan fingerprint density at radius 1 is 1.00 bits per heavy atom. The number of anilines is 1. The molecule has 2 saturated heterocycles. The molecule has 0 N–H and O–H groups in total. The Hall–Kier alpha value is -2.96. The Bertz CT molecular complexity index is 791. The molecule has 2 fully saturated rings. The summed E-state index contributed by atoms with van der Waals surface area (Å²) in [5.74, 6) is 0.823. The highest BCUT2D eigenvalue weighted by atomic mass is 16.2. The molecule has 2 amide bonds. The highest BCUT2D eigenvalue weighted by molar-refractivity contribution is 5.89. The van der Waals surface area contributed by atoms with Crippen LogP contribution in [-0.4, -0.2) is 64.3 Å². The number of carbonyl (C=O) groups is 2. The quantitative estimate of drug-likeness (QED) is 0.814. The fourth-order valence-electron chi connectivity index (χ4n) is 3.73. The summed E-state index contributed by atoms with van der Waals surface area (Å²) in [6, 6.07) is 11.5. The summed E-state index contributed by atoms with van der Waals surface area (Å²) in [6.07, 6.45) is 3.80. The Morgan fingerprint density at radius 2 is 1.74 bits per heavy atom. The molecule has 0 aliphatic carbocycles. The largest absolute Gasteiger partial charge is 0.353 e. The number of rotatable bonds is 4. The molecule has 1 atom stereocenters. The van der Waals surface area contributed by atoms with Crippen molar-refractivity contribution in [2.24, 2.45) is 5.92 Å². The monoisotopic (exact) mass is 365 g/mol. The summed E-state index contributed by atoms with van der Waals surface area (Å²) < 4.78 is 0. The lowest BCUT2D eigenvalue weighted by atomic mass is 10.1. The number of nitrogens with zero attached hydrogens (tertiary/aromatic N) is 5. The zero-order chi connectivity index (χ0) is 18.6. The number of piperazine rings is 1. The van der Waals surface area contributed by atoms with Gasteiger partial charge < -0.3 is 14.7 Å². The normalized spacial score (nSPS) is 20.2. The van der Waals surface area contributed by atoms with Gasteiger partial charge >= 0.3 is 0 Å². The van der Waals surface area contributed by atoms with Gasteiger partial charge in [0.25, 0.3) is 0 Å². The van der Waals surface area contributed by atoms with E-state index in [-0.39, 0.29) is 17.7 Å². The van der Waals surface area contributed by atoms with Crippen molar-refractivity contribution in [1.29, 1.82) is 0 Å². The molecular weight excluding hydrogens is 342 g/mol. The Morgan fingerprint density at radius 3 is 2.41 bits per heavy atom. The van der Waals surface area contributed by atoms with Gasteiger partial charge in [0.15, 0.2) is 0 Å². The lowest BCUT2D eigenvalue weighted by Crippen LogP contribution is -2.50. The SMILES string of the molecule is O=C1CC(C(=O)N2CCN(c3ccccn3)CC2)CN1Cc1ccccn1. The van der Waals surface area contributed by atoms with Crippen molar-refractivity contribution in [2.75, 3.05) is 37.6 Å². The molecule has 140 valence electrons. The van der Waals surface area contributed by atoms with Crippen molar-refractivity contribution in [1.82, 2.24) is 19.8 Å². The lowest BCUT2D eigenvalue weighted by Gasteiger charge is -2.36. The molecule has 2 aliphatic heterocycles. The minimum absolute atomic E-state index is 0.0334. The van der Waals surface area contributed by atoms with Gasteiger partial charge in [0.2, 0.25) is 11.8 Å². The van der Waals surface area contributed by atoms with E-state index in [1.54, 1.807) is 17.3 Å². The van der Waals surface area contributed by atoms with Crippen LogP contribution in [0.2, 0.25) is 0 Å². The molecule has 4 rings (SSSR count). The van der Waals surface area contributed by atoms with Crippen molar-refractivity contribution in [2.45, 2.75) is 13.0 Å². The number of carbonyl (C=O) groups excluding carboxylic acids is 2. The van der Waals surface area contributed by atoms with Gasteiger partial charge in [0.05, 0.1) is 18.2 Å². The van der Waals surface area contributed by atoms with Gasteiger partial charge in [0, 0.05) is 51.5 Å². The van der Waals surface area contributed by atoms with E-state index in [2.05, 4.69) is 14.9 Å². The molecule has 2 aliphatic rings. The molecule has 0 bridgehead atoms. The lowest BCUT2D eigenvalue weighted by molar-refractivity contribution is -0.136. The second kappa shape index (κ2) is 7.73. The maximum atomic E-state index is 12.9. The van der Waals surface area contributed by atoms with Crippen molar-refractivity contribution in [3.05, 3.63) is 54.5 Å². The fraction of sp³-hybridized carbons (Fsp3) is 0.400. The predicted octanol–water partition coefficient (Wildman–Crippen LogP) is 1.17. The van der Waals surface area contributed by atoms with Crippen molar-refractivity contribution < 1.29 is 9.59 Å². The highest BCUT2D eigenvalue weighted by Crippen LogP contribution is 2.23. The van der Waals surface area contributed by atoms with E-state index in [1.807, 2.05) is 41.3 Å². The number of hydrogen-bond acceptors (Lipinski definition) is 5. The number of aromatic nitrogens is 2. The van der Waals surface area contributed by atoms with Crippen LogP contribution in [0.25, 0.3) is 0 Å². The maximum absolute atomic E-state index is 12.9. The second-order valence-corrected chi connectivity index (χ2v) is 7.00. The summed E-state index contributed by atoms with van der Waals surface area (Å²) in [4.78, 5) is 39.7. The third-order valence-electron chi connectivity index (χ3n) is 5.21. The standard InChI is InChI=1S/C20H23N5O2/c26-19-13-16(14-25(19)15-17-5-1-3-7-21-17)20(27)24-11-9-23(10-12-24)18-6-2-4-8-22-18/h1-8,16H,9-15H2. The first kappa shape index (κ1) is 17.5. The minimum Gasteiger partial charge on any atom is -0.353 e. The smallest absolute Gasteiger partial charge is 0.228 e. The molecule has 0 saturated carbocycles. The third-order valence-corrected chi connectivity index (χ3v) is 5.21. The molecule has 27 heavy (non-hydrogen) atoms. The predicted molar refractivity (Wildman–Crippen MR) is 101 cm³/mol. The van der Waals surface area contributed by atoms with Gasteiger partial charge in [-0.1, -0.05) is 12.1 Å². The van der Waals surface area contributed by atoms with Crippen LogP contribution in [0.15, 0.2) is 48.8 Å². The molecule has 1 unspecified atom stereocenters. The van der Waals surface area contributed by atoms with Crippen LogP contribution >= 0.6 is 0 Å². The van der Waals surface area contributed by atoms with Crippen LogP contribution in [0.1, 0.15) is 12.1 Å². The molecule has 7 nitrogen and oxygen atoms in total. The van der Waals surface area contributed by atoms with Crippen LogP contribution in [0.4, 0.5) is 5.82 Å². The number of amides is 2. The first-order valence-corrected chi connectivity index (χ1v) is 9.33. The van der Waals surface area contributed by atoms with Crippen molar-refractivity contribution in [3.8, 4) is 0 Å². The molecule has 2 aromatic rings. The van der Waals surface area contributed by atoms with E-state index in [1.165, 1.54) is 0 Å². The van der Waals surface area contributed by atoms with Gasteiger partial charge in [0.1, 0.15) is 5.82 Å². The van der Waals surface area contributed by atoms with Crippen molar-refractivity contribution in [3.63, 3.8) is 0 Å². The van der Waals surface area contributed by atoms with Gasteiger partial charge in [-0.15, -0.1) is 0 Å². The number of hydrogen-bond donors (Lipinski definition) is 0. The van der Waals surface area contributed by atoms with E-state index in [4.69, 9.17) is 0 Å². The summed E-state index contributed by atoms with van der Waals surface area (Å²) in [5, 5.41) is 0. The van der Waals surface area contributed by atoms with E-state index in [0.29, 0.717) is 32.6 Å². The van der Waals surface area contributed by atoms with E-state index < -0.39 is 0 Å². The van der Waals surface area contributed by atoms with Gasteiger partial charge in [-0.25, -0.2) is 4.98 Å². The fourth-order valence-corrected chi connectivity index (χ4v) is 3.73. The summed E-state index contributed by atoms with van der Waals surface area (Å²) in [5.41, 5.74) is 0.850. The summed E-state index contributed by atoms with van der Waals surface area (Å²) in [7, 11) is 0. The third kappa shape index (κ3) is 3.92. The van der Waals surface area contributed by atoms with Crippen LogP contribution in [0.5, 0.6) is 0 Å². The molecule has 7 heteroatoms. The van der Waals surface area contributed by atoms with Gasteiger partial charge in [-0.05, 0) is 24.3 Å². The number of likely N-dealkylation sites (tertiary alicyclic amines) is 1. The molecule has 0 aromatic carbocycles. The Labute approximate surface area is 158 Å². The molecule has 4 heterocycles. The van der Waals surface area contributed by atoms with Crippen LogP contribution in [-0.2, 0) is 16.1 Å². The van der Waals surface area contributed by atoms with E-state index in [0.717, 1.165) is 24.6 Å². The summed E-state index contributed by atoms with van der Waals surface area (Å²) >= 11 is 0. The molecular formula is C20H23N5O2. The van der Waals surface area contributed by atoms with E-state index >= 15 is 0 Å².